The van der Waals surface area contributed by atoms with E-state index in [1.54, 1.807) is 18.7 Å². The first kappa shape index (κ1) is 22.1. The molecular formula is C25H32N6O. The molecule has 0 spiro atoms. The van der Waals surface area contributed by atoms with Crippen molar-refractivity contribution in [3.63, 3.8) is 0 Å². The van der Waals surface area contributed by atoms with Crippen LogP contribution in [0.3, 0.4) is 0 Å². The number of nitrogens with two attached hydrogens (primary N) is 1. The molecule has 168 valence electrons. The molecule has 2 aliphatic heterocycles. The summed E-state index contributed by atoms with van der Waals surface area (Å²) in [5, 5.41) is 3.84. The number of allylic oxidation sites excluding steroid dienone is 2. The Bertz CT molecular complexity index is 1100. The number of rotatable bonds is 7. The first-order chi connectivity index (χ1) is 15.6. The summed E-state index contributed by atoms with van der Waals surface area (Å²) in [5.74, 6) is 5.99. The van der Waals surface area contributed by atoms with Gasteiger partial charge in [0.2, 0.25) is 5.55 Å². The van der Waals surface area contributed by atoms with E-state index in [9.17, 15) is 0 Å². The minimum absolute atomic E-state index is 0.341. The standard InChI is InChI=1S/C25H32N6O/c1-17(2)23-21(7-6-11-31-9-4-5-10-31)18(3)29-22(23)13-19-8-12-32-25(30-26)24(19)20-14-27-16-28-15-20/h8,12-17H,4-7,9-11,26H2,1-3H3. The van der Waals surface area contributed by atoms with Crippen LogP contribution < -0.4 is 11.4 Å². The Balaban J connectivity index is 1.70. The van der Waals surface area contributed by atoms with Gasteiger partial charge in [-0.15, -0.1) is 5.10 Å². The van der Waals surface area contributed by atoms with Crippen molar-refractivity contribution >= 4 is 11.8 Å². The zero-order chi connectivity index (χ0) is 22.5. The maximum atomic E-state index is 5.62. The van der Waals surface area contributed by atoms with E-state index in [4.69, 9.17) is 15.3 Å². The van der Waals surface area contributed by atoms with Crippen LogP contribution in [0.4, 0.5) is 0 Å². The van der Waals surface area contributed by atoms with Gasteiger partial charge >= 0.3 is 0 Å². The number of nitrogens with zero attached hydrogens (tertiary/aromatic N) is 5. The van der Waals surface area contributed by atoms with Crippen molar-refractivity contribution in [3.05, 3.63) is 59.0 Å². The molecule has 0 aromatic carbocycles. The van der Waals surface area contributed by atoms with Crippen molar-refractivity contribution in [2.24, 2.45) is 21.9 Å². The Morgan fingerprint density at radius 1 is 1.22 bits per heavy atom. The lowest BCUT2D eigenvalue weighted by Gasteiger charge is -2.16. The van der Waals surface area contributed by atoms with Crippen LogP contribution in [-0.2, 0) is 0 Å². The van der Waals surface area contributed by atoms with Gasteiger partial charge in [0.1, 0.15) is 6.33 Å². The second-order valence-electron chi connectivity index (χ2n) is 8.74. The van der Waals surface area contributed by atoms with Crippen molar-refractivity contribution in [1.82, 2.24) is 14.9 Å². The highest BCUT2D eigenvalue weighted by Crippen LogP contribution is 2.36. The third-order valence-corrected chi connectivity index (χ3v) is 6.19. The largest absolute Gasteiger partial charge is 0.445 e. The second-order valence-corrected chi connectivity index (χ2v) is 8.74. The quantitative estimate of drug-likeness (QED) is 0.524. The zero-order valence-electron chi connectivity index (χ0n) is 19.2. The number of hydrogen-bond donors (Lipinski definition) is 1. The van der Waals surface area contributed by atoms with Crippen molar-refractivity contribution < 1.29 is 4.42 Å². The smallest absolute Gasteiger partial charge is 0.243 e. The predicted molar refractivity (Wildman–Crippen MR) is 127 cm³/mol. The minimum atomic E-state index is 0.341. The van der Waals surface area contributed by atoms with Gasteiger partial charge in [-0.05, 0) is 87.0 Å². The van der Waals surface area contributed by atoms with E-state index in [0.29, 0.717) is 11.5 Å². The highest BCUT2D eigenvalue weighted by Gasteiger charge is 2.24. The molecule has 7 heteroatoms. The second kappa shape index (κ2) is 10.0. The average Bonchev–Trinajstić information content (AvgIpc) is 3.42. The lowest BCUT2D eigenvalue weighted by Crippen LogP contribution is -2.20. The van der Waals surface area contributed by atoms with E-state index in [1.807, 2.05) is 6.07 Å². The summed E-state index contributed by atoms with van der Waals surface area (Å²) in [6.45, 7) is 10.3. The maximum Gasteiger partial charge on any atom is 0.243 e. The molecule has 2 aromatic rings. The molecule has 0 amide bonds. The van der Waals surface area contributed by atoms with E-state index in [-0.39, 0.29) is 0 Å². The van der Waals surface area contributed by atoms with Crippen LogP contribution in [0.5, 0.6) is 0 Å². The van der Waals surface area contributed by atoms with Gasteiger partial charge in [-0.2, -0.15) is 0 Å². The van der Waals surface area contributed by atoms with Gasteiger partial charge in [0.25, 0.3) is 0 Å². The van der Waals surface area contributed by atoms with Crippen LogP contribution in [0, 0.1) is 5.92 Å². The van der Waals surface area contributed by atoms with Crippen LogP contribution in [0.1, 0.15) is 52.0 Å². The molecule has 7 nitrogen and oxygen atoms in total. The van der Waals surface area contributed by atoms with E-state index in [0.717, 1.165) is 34.5 Å². The minimum Gasteiger partial charge on any atom is -0.445 e. The number of likely N-dealkylation sites (tertiary alicyclic amines) is 1. The molecule has 1 saturated heterocycles. The fourth-order valence-corrected chi connectivity index (χ4v) is 4.73. The first-order valence-electron chi connectivity index (χ1n) is 11.4. The van der Waals surface area contributed by atoms with Crippen LogP contribution in [-0.4, -0.2) is 40.2 Å². The summed E-state index contributed by atoms with van der Waals surface area (Å²) in [5.41, 5.74) is 7.67. The molecule has 2 N–H and O–H groups in total. The van der Waals surface area contributed by atoms with Gasteiger partial charge < -0.3 is 15.2 Å². The molecule has 4 heterocycles. The summed E-state index contributed by atoms with van der Waals surface area (Å²) in [4.78, 5) is 15.8. The van der Waals surface area contributed by atoms with E-state index < -0.39 is 0 Å². The highest BCUT2D eigenvalue weighted by molar-refractivity contribution is 6.04. The van der Waals surface area contributed by atoms with Crippen LogP contribution >= 0.6 is 0 Å². The van der Waals surface area contributed by atoms with Crippen molar-refractivity contribution in [3.8, 4) is 11.1 Å². The molecule has 0 saturated carbocycles. The fraction of sp³-hybridized carbons (Fsp3) is 0.440. The SMILES string of the molecule is CC1=NC(=Cc2ccoc(=NN)c2-c2cncnc2)C(C(C)C)=C1CCCN1CCCC1. The fourth-order valence-electron chi connectivity index (χ4n) is 4.73. The Labute approximate surface area is 189 Å². The van der Waals surface area contributed by atoms with Crippen LogP contribution in [0.25, 0.3) is 17.2 Å². The molecule has 32 heavy (non-hydrogen) atoms. The summed E-state index contributed by atoms with van der Waals surface area (Å²) in [6.07, 6.45) is 13.6. The van der Waals surface area contributed by atoms with E-state index in [1.165, 1.54) is 56.4 Å². The number of aliphatic imine (C=N–C) groups is 1. The zero-order valence-corrected chi connectivity index (χ0v) is 19.2. The summed E-state index contributed by atoms with van der Waals surface area (Å²) >= 11 is 0. The predicted octanol–water partition coefficient (Wildman–Crippen LogP) is 4.16. The monoisotopic (exact) mass is 432 g/mol. The lowest BCUT2D eigenvalue weighted by molar-refractivity contribution is 0.334. The van der Waals surface area contributed by atoms with Gasteiger partial charge in [0.15, 0.2) is 0 Å². The Morgan fingerprint density at radius 3 is 2.66 bits per heavy atom. The average molecular weight is 433 g/mol. The summed E-state index contributed by atoms with van der Waals surface area (Å²) in [6, 6.07) is 1.91. The normalized spacial score (nSPS) is 18.9. The molecule has 4 rings (SSSR count). The lowest BCUT2D eigenvalue weighted by atomic mass is 9.91. The van der Waals surface area contributed by atoms with Gasteiger partial charge in [0, 0.05) is 23.7 Å². The Morgan fingerprint density at radius 2 is 1.97 bits per heavy atom. The third kappa shape index (κ3) is 4.72. The number of hydrogen-bond acceptors (Lipinski definition) is 7. The van der Waals surface area contributed by atoms with Gasteiger partial charge in [-0.1, -0.05) is 13.8 Å². The first-order valence-corrected chi connectivity index (χ1v) is 11.4. The Kier molecular flexibility index (Phi) is 6.95. The molecule has 2 aliphatic rings. The molecule has 0 unspecified atom stereocenters. The third-order valence-electron chi connectivity index (χ3n) is 6.19. The molecule has 0 bridgehead atoms. The summed E-state index contributed by atoms with van der Waals surface area (Å²) in [7, 11) is 0. The van der Waals surface area contributed by atoms with Crippen molar-refractivity contribution in [2.45, 2.75) is 46.5 Å². The van der Waals surface area contributed by atoms with Gasteiger partial charge in [-0.3, -0.25) is 4.99 Å². The van der Waals surface area contributed by atoms with Crippen molar-refractivity contribution in [1.29, 1.82) is 0 Å². The van der Waals surface area contributed by atoms with E-state index in [2.05, 4.69) is 46.8 Å². The van der Waals surface area contributed by atoms with E-state index >= 15 is 0 Å². The highest BCUT2D eigenvalue weighted by atomic mass is 16.3. The molecule has 2 aromatic heterocycles. The molecule has 0 radical (unpaired) electrons. The van der Waals surface area contributed by atoms with Gasteiger partial charge in [0.05, 0.1) is 17.5 Å². The Hall–Kier alpha value is -3.06. The van der Waals surface area contributed by atoms with Crippen LogP contribution in [0.2, 0.25) is 0 Å². The number of aromatic nitrogens is 2. The topological polar surface area (TPSA) is 92.9 Å². The molecule has 0 atom stereocenters. The molecule has 0 aliphatic carbocycles. The molecular weight excluding hydrogens is 400 g/mol. The summed E-state index contributed by atoms with van der Waals surface area (Å²) < 4.78 is 5.56. The molecule has 1 fully saturated rings. The van der Waals surface area contributed by atoms with Crippen molar-refractivity contribution in [2.75, 3.05) is 19.6 Å². The van der Waals surface area contributed by atoms with Gasteiger partial charge in [-0.25, -0.2) is 9.97 Å². The maximum absolute atomic E-state index is 5.62. The van der Waals surface area contributed by atoms with Crippen LogP contribution in [0.15, 0.2) is 62.4 Å².